The van der Waals surface area contributed by atoms with Crippen LogP contribution in [0.15, 0.2) is 133 Å². The number of rotatable bonds is 7. The molecule has 0 aliphatic carbocycles. The van der Waals surface area contributed by atoms with Gasteiger partial charge < -0.3 is 19.5 Å². The molecule has 4 aromatic carbocycles. The Morgan fingerprint density at radius 1 is 0.603 bits per heavy atom. The van der Waals surface area contributed by atoms with E-state index in [4.69, 9.17) is 9.47 Å². The standard InChI is InChI=1S/C25H30N2O3.C23H25NO4/c1-25(2,3)30-24(29)27-22(16-21(23(27)28)17-26(4)5)15-18-11-13-20(14-12-18)19-9-7-6-8-10-19;1-23(2,3)28-22(27)24-20(14-19(15-25)21(24)26)13-16-9-11-18(12-10-16)17-7-5-4-6-8-17/h6-14,17,22H,15-16H2,1-5H3;4-12,15,20,25H,13-14H2,1-3H3/t22-;20-/m11/s1. The van der Waals surface area contributed by atoms with Crippen LogP contribution < -0.4 is 0 Å². The summed E-state index contributed by atoms with van der Waals surface area (Å²) in [4.78, 5) is 55.0. The first kappa shape index (κ1) is 43.0. The van der Waals surface area contributed by atoms with E-state index in [2.05, 4.69) is 36.4 Å². The van der Waals surface area contributed by atoms with E-state index in [-0.39, 0.29) is 23.6 Å². The minimum atomic E-state index is -0.703. The number of likely N-dealkylation sites (tertiary alicyclic amines) is 2. The number of amides is 4. The van der Waals surface area contributed by atoms with Crippen molar-refractivity contribution in [2.24, 2.45) is 0 Å². The van der Waals surface area contributed by atoms with Crippen LogP contribution in [0.5, 0.6) is 0 Å². The lowest BCUT2D eigenvalue weighted by Crippen LogP contribution is -2.43. The van der Waals surface area contributed by atoms with Crippen LogP contribution >= 0.6 is 0 Å². The molecule has 4 amide bonds. The minimum Gasteiger partial charge on any atom is -0.515 e. The van der Waals surface area contributed by atoms with Gasteiger partial charge in [0.1, 0.15) is 11.2 Å². The number of aliphatic hydroxyl groups is 1. The predicted molar refractivity (Wildman–Crippen MR) is 227 cm³/mol. The van der Waals surface area contributed by atoms with Crippen molar-refractivity contribution < 1.29 is 33.8 Å². The van der Waals surface area contributed by atoms with Crippen LogP contribution in [0.2, 0.25) is 0 Å². The molecule has 2 saturated heterocycles. The smallest absolute Gasteiger partial charge is 0.417 e. The van der Waals surface area contributed by atoms with E-state index in [0.717, 1.165) is 44.5 Å². The zero-order valence-corrected chi connectivity index (χ0v) is 34.8. The predicted octanol–water partition coefficient (Wildman–Crippen LogP) is 9.75. The van der Waals surface area contributed by atoms with Crippen LogP contribution in [-0.4, -0.2) is 81.2 Å². The average Bonchev–Trinajstić information content (AvgIpc) is 3.65. The fourth-order valence-corrected chi connectivity index (χ4v) is 6.92. The fourth-order valence-electron chi connectivity index (χ4n) is 6.92. The maximum atomic E-state index is 12.9. The summed E-state index contributed by atoms with van der Waals surface area (Å²) in [6.07, 6.45) is 3.21. The summed E-state index contributed by atoms with van der Waals surface area (Å²) >= 11 is 0. The Labute approximate surface area is 342 Å². The second-order valence-corrected chi connectivity index (χ2v) is 16.8. The second-order valence-electron chi connectivity index (χ2n) is 16.8. The van der Waals surface area contributed by atoms with E-state index in [1.54, 1.807) is 47.7 Å². The van der Waals surface area contributed by atoms with Crippen molar-refractivity contribution >= 4 is 24.0 Å². The SMILES string of the molecule is CC(C)(C)OC(=O)N1C(=O)C(=CO)C[C@H]1Cc1ccc(-c2ccccc2)cc1.CN(C)C=C1C[C@@H](Cc2ccc(-c3ccccc3)cc2)N(C(=O)OC(C)(C)C)C1=O. The first-order chi connectivity index (χ1) is 27.4. The van der Waals surface area contributed by atoms with Gasteiger partial charge in [0.05, 0.1) is 23.9 Å². The van der Waals surface area contributed by atoms with E-state index in [0.29, 0.717) is 31.3 Å². The van der Waals surface area contributed by atoms with Crippen molar-refractivity contribution in [2.75, 3.05) is 14.1 Å². The average molecular weight is 786 g/mol. The Balaban J connectivity index is 0.000000221. The monoisotopic (exact) mass is 785 g/mol. The Bertz CT molecular complexity index is 2110. The molecule has 0 aromatic heterocycles. The summed E-state index contributed by atoms with van der Waals surface area (Å²) in [5.41, 5.74) is 6.09. The van der Waals surface area contributed by atoms with Gasteiger partial charge in [-0.2, -0.15) is 0 Å². The molecule has 2 aliphatic heterocycles. The maximum absolute atomic E-state index is 12.9. The van der Waals surface area contributed by atoms with Gasteiger partial charge in [0.15, 0.2) is 0 Å². The Hall–Kier alpha value is -6.16. The number of carbonyl (C=O) groups excluding carboxylic acids is 4. The molecule has 0 radical (unpaired) electrons. The van der Waals surface area contributed by atoms with Crippen LogP contribution in [0.3, 0.4) is 0 Å². The number of carbonyl (C=O) groups is 4. The first-order valence-corrected chi connectivity index (χ1v) is 19.5. The van der Waals surface area contributed by atoms with Gasteiger partial charge in [0.25, 0.3) is 11.8 Å². The molecule has 10 nitrogen and oxygen atoms in total. The number of aliphatic hydroxyl groups excluding tert-OH is 1. The Morgan fingerprint density at radius 3 is 1.29 bits per heavy atom. The zero-order valence-electron chi connectivity index (χ0n) is 34.8. The number of benzene rings is 4. The summed E-state index contributed by atoms with van der Waals surface area (Å²) in [6, 6.07) is 36.0. The summed E-state index contributed by atoms with van der Waals surface area (Å²) in [7, 11) is 3.74. The molecule has 0 saturated carbocycles. The number of hydrogen-bond acceptors (Lipinski definition) is 8. The molecular formula is C48H55N3O7. The van der Waals surface area contributed by atoms with Gasteiger partial charge in [-0.25, -0.2) is 19.4 Å². The van der Waals surface area contributed by atoms with Crippen LogP contribution in [0, 0.1) is 0 Å². The second kappa shape index (κ2) is 18.4. The molecule has 0 spiro atoms. The fraction of sp³-hybridized carbons (Fsp3) is 0.333. The van der Waals surface area contributed by atoms with E-state index >= 15 is 0 Å². The van der Waals surface area contributed by atoms with Gasteiger partial charge in [0.2, 0.25) is 0 Å². The van der Waals surface area contributed by atoms with Gasteiger partial charge in [-0.1, -0.05) is 109 Å². The van der Waals surface area contributed by atoms with Gasteiger partial charge in [-0.05, 0) is 87.8 Å². The molecule has 304 valence electrons. The van der Waals surface area contributed by atoms with Crippen molar-refractivity contribution in [3.8, 4) is 22.3 Å². The van der Waals surface area contributed by atoms with E-state index in [1.807, 2.05) is 91.8 Å². The van der Waals surface area contributed by atoms with Crippen LogP contribution in [-0.2, 0) is 31.9 Å². The number of nitrogens with zero attached hydrogens (tertiary/aromatic N) is 3. The number of hydrogen-bond donors (Lipinski definition) is 1. The van der Waals surface area contributed by atoms with Crippen molar-refractivity contribution in [3.05, 3.63) is 144 Å². The summed E-state index contributed by atoms with van der Waals surface area (Å²) in [6.45, 7) is 10.7. The van der Waals surface area contributed by atoms with Gasteiger partial charge in [-0.3, -0.25) is 9.59 Å². The van der Waals surface area contributed by atoms with Crippen molar-refractivity contribution in [3.63, 3.8) is 0 Å². The number of ether oxygens (including phenoxy) is 2. The third-order valence-electron chi connectivity index (χ3n) is 9.44. The quantitative estimate of drug-likeness (QED) is 0.146. The molecule has 1 N–H and O–H groups in total. The minimum absolute atomic E-state index is 0.219. The maximum Gasteiger partial charge on any atom is 0.417 e. The van der Waals surface area contributed by atoms with E-state index < -0.39 is 29.3 Å². The van der Waals surface area contributed by atoms with Gasteiger partial charge in [0, 0.05) is 38.7 Å². The highest BCUT2D eigenvalue weighted by Gasteiger charge is 2.43. The molecule has 0 unspecified atom stereocenters. The lowest BCUT2D eigenvalue weighted by Gasteiger charge is -2.27. The first-order valence-electron chi connectivity index (χ1n) is 19.5. The molecule has 0 bridgehead atoms. The van der Waals surface area contributed by atoms with Crippen LogP contribution in [0.1, 0.15) is 65.5 Å². The largest absolute Gasteiger partial charge is 0.515 e. The van der Waals surface area contributed by atoms with Crippen molar-refractivity contribution in [1.29, 1.82) is 0 Å². The van der Waals surface area contributed by atoms with Crippen LogP contribution in [0.4, 0.5) is 9.59 Å². The molecule has 2 atom stereocenters. The van der Waals surface area contributed by atoms with Crippen LogP contribution in [0.25, 0.3) is 22.3 Å². The highest BCUT2D eigenvalue weighted by Crippen LogP contribution is 2.31. The topological polar surface area (TPSA) is 117 Å². The van der Waals surface area contributed by atoms with Gasteiger partial charge in [-0.15, -0.1) is 0 Å². The summed E-state index contributed by atoms with van der Waals surface area (Å²) in [5, 5.41) is 9.35. The molecule has 2 fully saturated rings. The molecule has 2 heterocycles. The van der Waals surface area contributed by atoms with E-state index in [1.165, 1.54) is 4.90 Å². The number of imide groups is 2. The normalized spacial score (nSPS) is 18.3. The molecule has 58 heavy (non-hydrogen) atoms. The Kier molecular flexibility index (Phi) is 13.6. The highest BCUT2D eigenvalue weighted by molar-refractivity contribution is 6.05. The van der Waals surface area contributed by atoms with Crippen molar-refractivity contribution in [1.82, 2.24) is 14.7 Å². The Morgan fingerprint density at radius 2 is 0.948 bits per heavy atom. The summed E-state index contributed by atoms with van der Waals surface area (Å²) < 4.78 is 10.9. The third kappa shape index (κ3) is 11.5. The molecule has 2 aliphatic rings. The summed E-state index contributed by atoms with van der Waals surface area (Å²) in [5.74, 6) is -0.772. The molecule has 6 rings (SSSR count). The lowest BCUT2D eigenvalue weighted by atomic mass is 9.99. The molecule has 10 heteroatoms. The van der Waals surface area contributed by atoms with Gasteiger partial charge >= 0.3 is 12.2 Å². The van der Waals surface area contributed by atoms with E-state index in [9.17, 15) is 24.3 Å². The molecular weight excluding hydrogens is 731 g/mol. The lowest BCUT2D eigenvalue weighted by molar-refractivity contribution is -0.126. The highest BCUT2D eigenvalue weighted by atomic mass is 16.6. The zero-order chi connectivity index (χ0) is 42.2. The third-order valence-corrected chi connectivity index (χ3v) is 9.44. The molecule has 4 aromatic rings. The van der Waals surface area contributed by atoms with Crippen molar-refractivity contribution in [2.45, 2.75) is 90.5 Å².